The maximum Gasteiger partial charge on any atom is 0.217 e. The molecule has 0 aromatic heterocycles. The van der Waals surface area contributed by atoms with Crippen LogP contribution >= 0.6 is 0 Å². The van der Waals surface area contributed by atoms with Gasteiger partial charge in [0.1, 0.15) is 24.4 Å². The number of benzene rings is 1. The topological polar surface area (TPSA) is 128 Å². The summed E-state index contributed by atoms with van der Waals surface area (Å²) in [4.78, 5) is 11.4. The molecule has 6 atom stereocenters. The van der Waals surface area contributed by atoms with Crippen LogP contribution in [0.5, 0.6) is 0 Å². The molecule has 130 valence electrons. The molecular formula is C15H20N4O5. The molecule has 1 aromatic rings. The number of fused-ring (bicyclic) bond motifs is 1. The van der Waals surface area contributed by atoms with Crippen molar-refractivity contribution in [3.8, 4) is 0 Å². The van der Waals surface area contributed by atoms with Gasteiger partial charge in [-0.2, -0.15) is 0 Å². The van der Waals surface area contributed by atoms with Crippen LogP contribution < -0.4 is 11.2 Å². The quantitative estimate of drug-likeness (QED) is 0.405. The number of hydrogen-bond donors (Lipinski definition) is 3. The summed E-state index contributed by atoms with van der Waals surface area (Å²) in [5.74, 6) is 4.76. The molecule has 24 heavy (non-hydrogen) atoms. The smallest absolute Gasteiger partial charge is 0.217 e. The summed E-state index contributed by atoms with van der Waals surface area (Å²) in [6.45, 7) is 1.55. The first-order valence-electron chi connectivity index (χ1n) is 7.63. The minimum absolute atomic E-state index is 0.213. The first-order valence-corrected chi connectivity index (χ1v) is 7.63. The monoisotopic (exact) mass is 336 g/mol. The summed E-state index contributed by atoms with van der Waals surface area (Å²) in [5.41, 5.74) is 0.836. The largest absolute Gasteiger partial charge is 0.388 e. The van der Waals surface area contributed by atoms with Crippen molar-refractivity contribution in [1.82, 2.24) is 5.32 Å². The molecule has 1 aromatic carbocycles. The third-order valence-electron chi connectivity index (χ3n) is 4.01. The predicted octanol–water partition coefficient (Wildman–Crippen LogP) is 0.0170. The summed E-state index contributed by atoms with van der Waals surface area (Å²) in [6, 6.07) is 8.57. The van der Waals surface area contributed by atoms with Gasteiger partial charge in [0.05, 0.1) is 6.61 Å². The molecule has 1 amide bonds. The van der Waals surface area contributed by atoms with Crippen molar-refractivity contribution in [3.63, 3.8) is 0 Å². The van der Waals surface area contributed by atoms with Gasteiger partial charge < -0.3 is 30.5 Å². The number of rotatable bonds is 3. The van der Waals surface area contributed by atoms with Crippen LogP contribution in [0.1, 0.15) is 18.8 Å². The van der Waals surface area contributed by atoms with Crippen molar-refractivity contribution in [3.05, 3.63) is 35.9 Å². The highest BCUT2D eigenvalue weighted by Gasteiger charge is 2.50. The van der Waals surface area contributed by atoms with E-state index >= 15 is 0 Å². The Balaban J connectivity index is 1.78. The number of hydrogen-bond acceptors (Lipinski definition) is 7. The molecule has 2 fully saturated rings. The normalized spacial score (nSPS) is 36.2. The predicted molar refractivity (Wildman–Crippen MR) is 81.3 cm³/mol. The molecule has 0 radical (unpaired) electrons. The van der Waals surface area contributed by atoms with Crippen molar-refractivity contribution in [1.29, 1.82) is 0 Å². The van der Waals surface area contributed by atoms with E-state index in [0.717, 1.165) is 5.56 Å². The van der Waals surface area contributed by atoms with E-state index < -0.39 is 36.9 Å². The van der Waals surface area contributed by atoms with E-state index in [1.807, 2.05) is 30.3 Å². The fraction of sp³-hybridized carbons (Fsp3) is 0.533. The van der Waals surface area contributed by atoms with E-state index in [4.69, 9.17) is 20.1 Å². The Labute approximate surface area is 138 Å². The molecular weight excluding hydrogens is 316 g/mol. The first kappa shape index (κ1) is 16.8. The van der Waals surface area contributed by atoms with Crippen LogP contribution in [0, 0.1) is 0 Å². The minimum Gasteiger partial charge on any atom is -0.388 e. The lowest BCUT2D eigenvalue weighted by molar-refractivity contribution is -0.314. The van der Waals surface area contributed by atoms with E-state index in [2.05, 4.69) is 15.7 Å². The Kier molecular flexibility index (Phi) is 5.05. The van der Waals surface area contributed by atoms with Gasteiger partial charge in [-0.3, -0.25) is 4.79 Å². The van der Waals surface area contributed by atoms with Crippen molar-refractivity contribution < 1.29 is 24.1 Å². The zero-order valence-electron chi connectivity index (χ0n) is 13.1. The van der Waals surface area contributed by atoms with Crippen molar-refractivity contribution in [2.75, 3.05) is 6.61 Å². The van der Waals surface area contributed by atoms with Gasteiger partial charge in [0.15, 0.2) is 12.5 Å². The molecule has 9 heteroatoms. The Morgan fingerprint density at radius 2 is 2.08 bits per heavy atom. The Hall–Kier alpha value is -2.07. The second-order valence-corrected chi connectivity index (χ2v) is 5.69. The van der Waals surface area contributed by atoms with Crippen LogP contribution in [0.4, 0.5) is 0 Å². The molecule has 1 unspecified atom stereocenters. The molecule has 0 saturated carbocycles. The lowest BCUT2D eigenvalue weighted by atomic mass is 9.95. The van der Waals surface area contributed by atoms with Gasteiger partial charge in [0.25, 0.3) is 0 Å². The van der Waals surface area contributed by atoms with Crippen LogP contribution in [0.2, 0.25) is 0 Å². The number of carbonyl (C=O) groups excluding carboxylic acids is 1. The molecule has 4 N–H and O–H groups in total. The Morgan fingerprint density at radius 3 is 2.75 bits per heavy atom. The van der Waals surface area contributed by atoms with Crippen LogP contribution in [0.25, 0.3) is 0 Å². The lowest BCUT2D eigenvalue weighted by Gasteiger charge is -2.46. The number of nitrogens with two attached hydrogens (primary N) is 1. The highest BCUT2D eigenvalue weighted by Crippen LogP contribution is 2.34. The first-order chi connectivity index (χ1) is 11.6. The summed E-state index contributed by atoms with van der Waals surface area (Å²) < 4.78 is 17.3. The molecule has 2 saturated heterocycles. The number of amides is 1. The van der Waals surface area contributed by atoms with Crippen LogP contribution in [0.15, 0.2) is 40.7 Å². The zero-order chi connectivity index (χ0) is 17.1. The number of ether oxygens (including phenoxy) is 3. The summed E-state index contributed by atoms with van der Waals surface area (Å²) in [7, 11) is 0. The summed E-state index contributed by atoms with van der Waals surface area (Å²) in [6.07, 6.45) is -3.78. The zero-order valence-corrected chi connectivity index (χ0v) is 13.1. The van der Waals surface area contributed by atoms with E-state index in [1.54, 1.807) is 0 Å². The average Bonchev–Trinajstić information content (AvgIpc) is 2.59. The molecule has 3 rings (SSSR count). The molecule has 2 aliphatic heterocycles. The molecule has 0 bridgehead atoms. The van der Waals surface area contributed by atoms with Crippen LogP contribution in [-0.4, -0.2) is 48.2 Å². The second-order valence-electron chi connectivity index (χ2n) is 5.69. The highest BCUT2D eigenvalue weighted by atomic mass is 16.7. The third kappa shape index (κ3) is 3.39. The maximum atomic E-state index is 11.4. The SMILES string of the molecule is CC(=O)N[C@@H]1[C@@H](O)[C@@H]2OC(c3ccccc3)OC[C@H]2O[C@H]1N=NN. The van der Waals surface area contributed by atoms with Gasteiger partial charge in [-0.05, 0) is 0 Å². The number of aliphatic hydroxyl groups excluding tert-OH is 1. The molecule has 2 heterocycles. The van der Waals surface area contributed by atoms with Crippen molar-refractivity contribution in [2.24, 2.45) is 16.2 Å². The number of aliphatic hydroxyl groups is 1. The van der Waals surface area contributed by atoms with Crippen LogP contribution in [0.3, 0.4) is 0 Å². The standard InChI is InChI=1S/C15H20N4O5/c1-8(20)17-11-12(21)13-10(23-14(11)18-19-16)7-22-15(24-13)9-5-3-2-4-6-9/h2-6,10-15,21H,7H2,1H3,(H2,16,18)(H,17,20)/t10-,11-,12-,13-,14-,15?/m1/s1. The van der Waals surface area contributed by atoms with E-state index in [0.29, 0.717) is 0 Å². The minimum atomic E-state index is -1.04. The third-order valence-corrected chi connectivity index (χ3v) is 4.01. The highest BCUT2D eigenvalue weighted by molar-refractivity contribution is 5.73. The fourth-order valence-electron chi connectivity index (χ4n) is 2.94. The van der Waals surface area contributed by atoms with Gasteiger partial charge >= 0.3 is 0 Å². The molecule has 0 aliphatic carbocycles. The van der Waals surface area contributed by atoms with E-state index in [9.17, 15) is 9.90 Å². The van der Waals surface area contributed by atoms with Gasteiger partial charge in [-0.25, -0.2) is 0 Å². The number of nitrogens with one attached hydrogen (secondary N) is 1. The number of carbonyl (C=O) groups is 1. The second kappa shape index (κ2) is 7.22. The molecule has 0 spiro atoms. The Bertz CT molecular complexity index is 599. The van der Waals surface area contributed by atoms with Gasteiger partial charge in [-0.1, -0.05) is 35.6 Å². The van der Waals surface area contributed by atoms with Gasteiger partial charge in [-0.15, -0.1) is 5.11 Å². The average molecular weight is 336 g/mol. The maximum absolute atomic E-state index is 11.4. The van der Waals surface area contributed by atoms with Gasteiger partial charge in [0.2, 0.25) is 5.91 Å². The number of nitrogens with zero attached hydrogens (tertiary/aromatic N) is 2. The lowest BCUT2D eigenvalue weighted by Crippen LogP contribution is -2.65. The van der Waals surface area contributed by atoms with Crippen molar-refractivity contribution >= 4 is 5.91 Å². The van der Waals surface area contributed by atoms with Gasteiger partial charge in [0, 0.05) is 12.5 Å². The summed E-state index contributed by atoms with van der Waals surface area (Å²) >= 11 is 0. The Morgan fingerprint density at radius 1 is 1.33 bits per heavy atom. The van der Waals surface area contributed by atoms with Crippen LogP contribution in [-0.2, 0) is 19.0 Å². The summed E-state index contributed by atoms with van der Waals surface area (Å²) in [5, 5.41) is 20.2. The van der Waals surface area contributed by atoms with E-state index in [1.165, 1.54) is 6.92 Å². The fourth-order valence-corrected chi connectivity index (χ4v) is 2.94. The van der Waals surface area contributed by atoms with E-state index in [-0.39, 0.29) is 12.5 Å². The molecule has 9 nitrogen and oxygen atoms in total. The van der Waals surface area contributed by atoms with Crippen molar-refractivity contribution in [2.45, 2.75) is 43.8 Å². The molecule has 2 aliphatic rings.